The maximum Gasteiger partial charge on any atom is 0.323 e. The molecule has 4 aromatic rings. The summed E-state index contributed by atoms with van der Waals surface area (Å²) in [5.74, 6) is 0.0225. The van der Waals surface area contributed by atoms with Gasteiger partial charge in [-0.1, -0.05) is 20.3 Å². The Kier molecular flexibility index (Phi) is 8.38. The molecule has 0 bridgehead atoms. The highest BCUT2D eigenvalue weighted by molar-refractivity contribution is 7.92. The molecule has 2 atom stereocenters. The van der Waals surface area contributed by atoms with E-state index in [0.717, 1.165) is 22.3 Å². The maximum atomic E-state index is 13.6. The van der Waals surface area contributed by atoms with E-state index in [1.807, 2.05) is 32.0 Å². The zero-order chi connectivity index (χ0) is 28.4. The van der Waals surface area contributed by atoms with Crippen LogP contribution in [-0.2, 0) is 19.4 Å². The lowest BCUT2D eigenvalue weighted by atomic mass is 10.0. The van der Waals surface area contributed by atoms with Crippen LogP contribution < -0.4 is 15.8 Å². The molecule has 0 saturated heterocycles. The number of thiazole rings is 1. The van der Waals surface area contributed by atoms with Crippen molar-refractivity contribution in [1.82, 2.24) is 15.0 Å². The highest BCUT2D eigenvalue weighted by Gasteiger charge is 2.34. The highest BCUT2D eigenvalue weighted by atomic mass is 32.2. The summed E-state index contributed by atoms with van der Waals surface area (Å²) < 4.78 is 38.3. The van der Waals surface area contributed by atoms with Crippen LogP contribution in [0.2, 0.25) is 0 Å². The summed E-state index contributed by atoms with van der Waals surface area (Å²) in [4.78, 5) is 25.3. The summed E-state index contributed by atoms with van der Waals surface area (Å²) in [6.45, 7) is 8.56. The Labute approximate surface area is 231 Å². The third kappa shape index (κ3) is 6.13. The maximum absolute atomic E-state index is 13.6. The van der Waals surface area contributed by atoms with Crippen molar-refractivity contribution in [2.45, 2.75) is 56.7 Å². The minimum atomic E-state index is -3.84. The fraction of sp³-hybridized carbons (Fsp3) is 0.407. The van der Waals surface area contributed by atoms with Crippen molar-refractivity contribution in [2.24, 2.45) is 11.7 Å². The van der Waals surface area contributed by atoms with Crippen LogP contribution in [0.3, 0.4) is 0 Å². The summed E-state index contributed by atoms with van der Waals surface area (Å²) in [7, 11) is -3.84. The average molecular weight is 572 g/mol. The SMILES string of the molecule is CCC(C)C(N)C(=O)OCCOc1cc2ncnc(Nc3ccc4scnc4c3)c2cc1S(=O)(=O)C(C)(C)C. The molecule has 0 saturated carbocycles. The second-order valence-corrected chi connectivity index (χ2v) is 13.8. The topological polar surface area (TPSA) is 146 Å². The van der Waals surface area contributed by atoms with Gasteiger partial charge in [-0.25, -0.2) is 23.4 Å². The van der Waals surface area contributed by atoms with Crippen LogP contribution in [0.5, 0.6) is 5.75 Å². The first kappa shape index (κ1) is 28.7. The van der Waals surface area contributed by atoms with Crippen molar-refractivity contribution in [2.75, 3.05) is 18.5 Å². The molecule has 2 heterocycles. The number of carbonyl (C=O) groups is 1. The zero-order valence-corrected chi connectivity index (χ0v) is 24.2. The third-order valence-corrected chi connectivity index (χ3v) is 9.82. The van der Waals surface area contributed by atoms with Crippen LogP contribution in [0.25, 0.3) is 21.1 Å². The van der Waals surface area contributed by atoms with Gasteiger partial charge in [0.05, 0.1) is 26.0 Å². The number of carbonyl (C=O) groups excluding carboxylic acids is 1. The highest BCUT2D eigenvalue weighted by Crippen LogP contribution is 2.37. The van der Waals surface area contributed by atoms with E-state index in [9.17, 15) is 13.2 Å². The minimum Gasteiger partial charge on any atom is -0.489 e. The monoisotopic (exact) mass is 571 g/mol. The number of aromatic nitrogens is 3. The molecule has 10 nitrogen and oxygen atoms in total. The van der Waals surface area contributed by atoms with E-state index in [4.69, 9.17) is 15.2 Å². The number of anilines is 2. The number of esters is 1. The number of benzene rings is 2. The second kappa shape index (κ2) is 11.4. The van der Waals surface area contributed by atoms with Gasteiger partial charge in [0.1, 0.15) is 42.0 Å². The number of nitrogens with one attached hydrogen (secondary N) is 1. The van der Waals surface area contributed by atoms with E-state index >= 15 is 0 Å². The Hall–Kier alpha value is -3.35. The molecule has 0 spiro atoms. The normalized spacial score (nSPS) is 13.8. The molecule has 12 heteroatoms. The number of nitrogens with two attached hydrogens (primary N) is 1. The molecule has 39 heavy (non-hydrogen) atoms. The molecule has 3 N–H and O–H groups in total. The molecule has 0 amide bonds. The van der Waals surface area contributed by atoms with E-state index in [1.165, 1.54) is 12.4 Å². The van der Waals surface area contributed by atoms with Crippen molar-refractivity contribution in [3.8, 4) is 5.75 Å². The van der Waals surface area contributed by atoms with E-state index in [-0.39, 0.29) is 29.8 Å². The van der Waals surface area contributed by atoms with Gasteiger partial charge in [0, 0.05) is 17.1 Å². The molecule has 0 aliphatic heterocycles. The second-order valence-electron chi connectivity index (χ2n) is 10.2. The van der Waals surface area contributed by atoms with Crippen LogP contribution in [0, 0.1) is 5.92 Å². The number of hydrogen-bond acceptors (Lipinski definition) is 11. The molecule has 0 radical (unpaired) electrons. The minimum absolute atomic E-state index is 0.00191. The number of rotatable bonds is 10. The summed E-state index contributed by atoms with van der Waals surface area (Å²) in [6, 6.07) is 8.14. The number of fused-ring (bicyclic) bond motifs is 2. The van der Waals surface area contributed by atoms with E-state index in [2.05, 4.69) is 20.3 Å². The molecule has 0 aliphatic rings. The third-order valence-electron chi connectivity index (χ3n) is 6.50. The first-order valence-corrected chi connectivity index (χ1v) is 15.0. The molecule has 2 unspecified atom stereocenters. The van der Waals surface area contributed by atoms with Crippen molar-refractivity contribution in [3.05, 3.63) is 42.2 Å². The molecule has 2 aromatic heterocycles. The Balaban J connectivity index is 1.65. The van der Waals surface area contributed by atoms with Crippen LogP contribution in [-0.4, -0.2) is 53.3 Å². The fourth-order valence-electron chi connectivity index (χ4n) is 3.76. The van der Waals surface area contributed by atoms with Gasteiger partial charge in [-0.05, 0) is 51.0 Å². The fourth-order valence-corrected chi connectivity index (χ4v) is 5.74. The van der Waals surface area contributed by atoms with Crippen molar-refractivity contribution in [1.29, 1.82) is 0 Å². The molecular weight excluding hydrogens is 538 g/mol. The first-order chi connectivity index (χ1) is 18.4. The molecule has 2 aromatic carbocycles. The largest absolute Gasteiger partial charge is 0.489 e. The molecule has 4 rings (SSSR count). The van der Waals surface area contributed by atoms with Gasteiger partial charge in [0.2, 0.25) is 0 Å². The van der Waals surface area contributed by atoms with Crippen LogP contribution in [0.4, 0.5) is 11.5 Å². The summed E-state index contributed by atoms with van der Waals surface area (Å²) in [6.07, 6.45) is 2.14. The Morgan fingerprint density at radius 2 is 1.87 bits per heavy atom. The lowest BCUT2D eigenvalue weighted by Crippen LogP contribution is -2.38. The van der Waals surface area contributed by atoms with Gasteiger partial charge >= 0.3 is 5.97 Å². The van der Waals surface area contributed by atoms with Gasteiger partial charge in [0.15, 0.2) is 9.84 Å². The van der Waals surface area contributed by atoms with Crippen LogP contribution in [0.15, 0.2) is 47.1 Å². The Bertz CT molecular complexity index is 1600. The van der Waals surface area contributed by atoms with E-state index in [0.29, 0.717) is 16.7 Å². The van der Waals surface area contributed by atoms with Crippen LogP contribution >= 0.6 is 11.3 Å². The smallest absolute Gasteiger partial charge is 0.323 e. The van der Waals surface area contributed by atoms with Crippen LogP contribution in [0.1, 0.15) is 41.0 Å². The summed E-state index contributed by atoms with van der Waals surface area (Å²) in [5, 5.41) is 3.77. The molecule has 208 valence electrons. The number of nitrogens with zero attached hydrogens (tertiary/aromatic N) is 3. The van der Waals surface area contributed by atoms with Crippen molar-refractivity contribution < 1.29 is 22.7 Å². The predicted molar refractivity (Wildman–Crippen MR) is 153 cm³/mol. The van der Waals surface area contributed by atoms with Crippen molar-refractivity contribution >= 4 is 59.8 Å². The van der Waals surface area contributed by atoms with E-state index < -0.39 is 26.6 Å². The summed E-state index contributed by atoms with van der Waals surface area (Å²) in [5.41, 5.74) is 9.80. The number of ether oxygens (including phenoxy) is 2. The predicted octanol–water partition coefficient (Wildman–Crippen LogP) is 4.85. The quantitative estimate of drug-likeness (QED) is 0.200. The average Bonchev–Trinajstić information content (AvgIpc) is 3.37. The standard InChI is InChI=1S/C27H33N5O5S2/c1-6-16(2)24(28)26(33)37-10-9-36-21-13-19-18(12-23(21)39(34,35)27(3,4)5)25(30-14-29-19)32-17-7-8-22-20(11-17)31-15-38-22/h7-8,11-16,24H,6,9-10,28H2,1-5H3,(H,29,30,32). The van der Waals surface area contributed by atoms with Gasteiger partial charge in [-0.3, -0.25) is 4.79 Å². The lowest BCUT2D eigenvalue weighted by molar-refractivity contribution is -0.147. The lowest BCUT2D eigenvalue weighted by Gasteiger charge is -2.22. The van der Waals surface area contributed by atoms with Crippen molar-refractivity contribution in [3.63, 3.8) is 0 Å². The van der Waals surface area contributed by atoms with Gasteiger partial charge < -0.3 is 20.5 Å². The van der Waals surface area contributed by atoms with Gasteiger partial charge in [-0.2, -0.15) is 0 Å². The molecular formula is C27H33N5O5S2. The molecule has 0 fully saturated rings. The zero-order valence-electron chi connectivity index (χ0n) is 22.6. The molecule has 0 aliphatic carbocycles. The Morgan fingerprint density at radius 1 is 1.10 bits per heavy atom. The Morgan fingerprint density at radius 3 is 2.59 bits per heavy atom. The van der Waals surface area contributed by atoms with Gasteiger partial charge in [0.25, 0.3) is 0 Å². The summed E-state index contributed by atoms with van der Waals surface area (Å²) >= 11 is 1.55. The van der Waals surface area contributed by atoms with Gasteiger partial charge in [-0.15, -0.1) is 11.3 Å². The number of sulfone groups is 1. The van der Waals surface area contributed by atoms with E-state index in [1.54, 1.807) is 43.7 Å². The number of hydrogen-bond donors (Lipinski definition) is 2. The first-order valence-electron chi connectivity index (χ1n) is 12.6.